The lowest BCUT2D eigenvalue weighted by atomic mass is 10.0. The molecule has 0 amide bonds. The molecule has 4 nitrogen and oxygen atoms in total. The van der Waals surface area contributed by atoms with Crippen LogP contribution in [-0.4, -0.2) is 22.2 Å². The first-order valence-corrected chi connectivity index (χ1v) is 24.6. The van der Waals surface area contributed by atoms with Gasteiger partial charge in [-0.25, -0.2) is 0 Å². The number of hydrogen-bond acceptors (Lipinski definition) is 2. The number of ether oxygens (including phenoxy) is 1. The van der Waals surface area contributed by atoms with E-state index in [4.69, 9.17) is 9.72 Å². The molecule has 0 bridgehead atoms. The average Bonchev–Trinajstić information content (AvgIpc) is 3.90. The van der Waals surface area contributed by atoms with Gasteiger partial charge in [-0.1, -0.05) is 164 Å². The number of rotatable bonds is 5. The van der Waals surface area contributed by atoms with Crippen LogP contribution in [0.1, 0.15) is 0 Å². The lowest BCUT2D eigenvalue weighted by molar-refractivity contribution is 0.487. The molecular weight excluding hydrogens is 819 g/mol. The number of nitrogens with zero attached hydrogens (tertiary/aromatic N) is 3. The van der Waals surface area contributed by atoms with Crippen LogP contribution in [0.25, 0.3) is 87.8 Å². The van der Waals surface area contributed by atoms with Crippen LogP contribution >= 0.6 is 0 Å². The Morgan fingerprint density at radius 1 is 0.379 bits per heavy atom. The number of pyridine rings is 1. The van der Waals surface area contributed by atoms with Crippen LogP contribution in [0.4, 0.5) is 0 Å². The molecule has 4 heterocycles. The van der Waals surface area contributed by atoms with Crippen LogP contribution in [0.15, 0.2) is 237 Å². The van der Waals surface area contributed by atoms with E-state index in [0.717, 1.165) is 44.9 Å². The van der Waals surface area contributed by atoms with Gasteiger partial charge in [0, 0.05) is 44.4 Å². The zero-order chi connectivity index (χ0) is 43.3. The van der Waals surface area contributed by atoms with Gasteiger partial charge in [-0.15, -0.1) is 0 Å². The summed E-state index contributed by atoms with van der Waals surface area (Å²) in [4.78, 5) is 4.92. The molecule has 1 aliphatic heterocycles. The summed E-state index contributed by atoms with van der Waals surface area (Å²) in [6, 6.07) is 84.4. The normalized spacial score (nSPS) is 14.5. The quantitative estimate of drug-likeness (QED) is 0.162. The molecule has 3 aromatic heterocycles. The van der Waals surface area contributed by atoms with E-state index >= 15 is 0 Å². The maximum absolute atomic E-state index is 7.15. The molecular formula is C61H39N3OSi. The third-order valence-electron chi connectivity index (χ3n) is 14.1. The van der Waals surface area contributed by atoms with E-state index in [1.807, 2.05) is 6.20 Å². The molecule has 0 spiro atoms. The Kier molecular flexibility index (Phi) is 7.97. The summed E-state index contributed by atoms with van der Waals surface area (Å²) in [5.41, 5.74) is 10.3. The Morgan fingerprint density at radius 3 is 1.67 bits per heavy atom. The van der Waals surface area contributed by atoms with E-state index in [-0.39, 0.29) is 0 Å². The average molecular weight is 858 g/mol. The van der Waals surface area contributed by atoms with E-state index in [1.165, 1.54) is 75.1 Å². The molecule has 1 atom stereocenters. The van der Waals surface area contributed by atoms with Crippen molar-refractivity contribution in [2.45, 2.75) is 0 Å². The van der Waals surface area contributed by atoms with Gasteiger partial charge in [0.25, 0.3) is 0 Å². The first kappa shape index (κ1) is 36.9. The van der Waals surface area contributed by atoms with E-state index in [9.17, 15) is 0 Å². The summed E-state index contributed by atoms with van der Waals surface area (Å²) in [7, 11) is -3.14. The van der Waals surface area contributed by atoms with Gasteiger partial charge < -0.3 is 13.9 Å². The number of fused-ring (bicyclic) bond motifs is 10. The minimum Gasteiger partial charge on any atom is -0.458 e. The van der Waals surface area contributed by atoms with Crippen molar-refractivity contribution in [3.05, 3.63) is 237 Å². The molecule has 66 heavy (non-hydrogen) atoms. The van der Waals surface area contributed by atoms with Crippen LogP contribution < -0.4 is 25.5 Å². The van der Waals surface area contributed by atoms with Crippen molar-refractivity contribution in [2.75, 3.05) is 0 Å². The van der Waals surface area contributed by atoms with E-state index in [1.54, 1.807) is 0 Å². The van der Waals surface area contributed by atoms with Gasteiger partial charge in [0.2, 0.25) is 0 Å². The van der Waals surface area contributed by atoms with Crippen molar-refractivity contribution < 1.29 is 4.74 Å². The lowest BCUT2D eigenvalue weighted by Crippen LogP contribution is -2.76. The fraction of sp³-hybridized carbons (Fsp3) is 0. The Labute approximate surface area is 381 Å². The molecule has 0 fully saturated rings. The third-order valence-corrected chi connectivity index (χ3v) is 18.9. The molecule has 1 unspecified atom stereocenters. The summed E-state index contributed by atoms with van der Waals surface area (Å²) < 4.78 is 12.0. The Morgan fingerprint density at radius 2 is 0.939 bits per heavy atom. The molecule has 5 heteroatoms. The second kappa shape index (κ2) is 14.2. The summed E-state index contributed by atoms with van der Waals surface area (Å²) in [5, 5.41) is 13.6. The fourth-order valence-electron chi connectivity index (χ4n) is 11.3. The second-order valence-corrected chi connectivity index (χ2v) is 21.1. The number of hydrogen-bond donors (Lipinski definition) is 0. The standard InChI is InChI=1S/C61H39N3OSi/c1-7-21-51-50(20-1)59(35-36-62-51)66(44-33-30-40-37-43(32-29-41(40)38-44)63-53-23-9-3-16-46(53)47-17-4-10-24-54(47)63)60-28-14-13-27-57(60)65-58-39-42(31-34-61(58)66)45-15-2-8-22-52(45)64-55-25-11-5-18-48(55)49-19-6-12-26-56(49)64/h1-39H. The van der Waals surface area contributed by atoms with Gasteiger partial charge in [0.15, 0.2) is 8.07 Å². The molecule has 0 radical (unpaired) electrons. The predicted octanol–water partition coefficient (Wildman–Crippen LogP) is 12.7. The van der Waals surface area contributed by atoms with Crippen molar-refractivity contribution in [1.29, 1.82) is 0 Å². The van der Waals surface area contributed by atoms with E-state index in [2.05, 4.69) is 240 Å². The van der Waals surface area contributed by atoms with Crippen molar-refractivity contribution in [3.63, 3.8) is 0 Å². The molecule has 1 aliphatic rings. The van der Waals surface area contributed by atoms with Gasteiger partial charge in [0.1, 0.15) is 11.5 Å². The van der Waals surface area contributed by atoms with Crippen LogP contribution in [0.2, 0.25) is 0 Å². The summed E-state index contributed by atoms with van der Waals surface area (Å²) in [5.74, 6) is 1.78. The van der Waals surface area contributed by atoms with E-state index in [0.29, 0.717) is 0 Å². The monoisotopic (exact) mass is 857 g/mol. The molecule has 13 aromatic rings. The van der Waals surface area contributed by atoms with Crippen molar-refractivity contribution in [3.8, 4) is 34.0 Å². The van der Waals surface area contributed by atoms with Crippen LogP contribution in [-0.2, 0) is 0 Å². The highest BCUT2D eigenvalue weighted by Gasteiger charge is 2.49. The molecule has 308 valence electrons. The van der Waals surface area contributed by atoms with Gasteiger partial charge in [-0.05, 0) is 104 Å². The van der Waals surface area contributed by atoms with Crippen LogP contribution in [0.5, 0.6) is 11.5 Å². The maximum Gasteiger partial charge on any atom is 0.188 e. The Hall–Kier alpha value is -8.51. The smallest absolute Gasteiger partial charge is 0.188 e. The van der Waals surface area contributed by atoms with E-state index < -0.39 is 8.07 Å². The molecule has 0 saturated carbocycles. The molecule has 0 aliphatic carbocycles. The highest BCUT2D eigenvalue weighted by atomic mass is 28.3. The summed E-state index contributed by atoms with van der Waals surface area (Å²) >= 11 is 0. The Bertz CT molecular complexity index is 4010. The maximum atomic E-state index is 7.15. The topological polar surface area (TPSA) is 32.0 Å². The van der Waals surface area contributed by atoms with Crippen LogP contribution in [0, 0.1) is 0 Å². The Balaban J connectivity index is 1.00. The first-order chi connectivity index (χ1) is 32.7. The fourth-order valence-corrected chi connectivity index (χ4v) is 16.4. The number of para-hydroxylation sites is 7. The zero-order valence-corrected chi connectivity index (χ0v) is 36.8. The highest BCUT2D eigenvalue weighted by Crippen LogP contribution is 2.39. The molecule has 14 rings (SSSR count). The number of aromatic nitrogens is 3. The minimum atomic E-state index is -3.14. The highest BCUT2D eigenvalue weighted by molar-refractivity contribution is 7.21. The number of benzene rings is 10. The summed E-state index contributed by atoms with van der Waals surface area (Å²) in [6.45, 7) is 0. The SMILES string of the molecule is c1ccc2c(c1)Oc1cc(-c3ccccc3-n3c4ccccc4c4ccccc43)ccc1[Si]2(c1ccc2cc(-n3c4ccccc4c4ccccc43)ccc2c1)c1ccnc2ccccc12. The summed E-state index contributed by atoms with van der Waals surface area (Å²) in [6.07, 6.45) is 2.00. The first-order valence-electron chi connectivity index (χ1n) is 22.6. The largest absolute Gasteiger partial charge is 0.458 e. The molecule has 0 saturated heterocycles. The van der Waals surface area contributed by atoms with Gasteiger partial charge >= 0.3 is 0 Å². The second-order valence-electron chi connectivity index (χ2n) is 17.4. The zero-order valence-electron chi connectivity index (χ0n) is 35.8. The van der Waals surface area contributed by atoms with Crippen molar-refractivity contribution >= 4 is 94.1 Å². The minimum absolute atomic E-state index is 0.887. The van der Waals surface area contributed by atoms with Crippen LogP contribution in [0.3, 0.4) is 0 Å². The lowest BCUT2D eigenvalue weighted by Gasteiger charge is -2.40. The third kappa shape index (κ3) is 5.23. The van der Waals surface area contributed by atoms with Gasteiger partial charge in [-0.2, -0.15) is 0 Å². The predicted molar refractivity (Wildman–Crippen MR) is 277 cm³/mol. The van der Waals surface area contributed by atoms with Gasteiger partial charge in [0.05, 0.1) is 33.3 Å². The molecule has 0 N–H and O–H groups in total. The van der Waals surface area contributed by atoms with Crippen molar-refractivity contribution in [1.82, 2.24) is 14.1 Å². The van der Waals surface area contributed by atoms with Gasteiger partial charge in [-0.3, -0.25) is 4.98 Å². The van der Waals surface area contributed by atoms with Crippen molar-refractivity contribution in [2.24, 2.45) is 0 Å². The molecule has 10 aromatic carbocycles.